The summed E-state index contributed by atoms with van der Waals surface area (Å²) in [5.74, 6) is -3.26. The third-order valence-electron chi connectivity index (χ3n) is 3.38. The van der Waals surface area contributed by atoms with Crippen LogP contribution in [-0.2, 0) is 17.5 Å². The number of alkyl halides is 3. The zero-order valence-corrected chi connectivity index (χ0v) is 14.8. The van der Waals surface area contributed by atoms with Gasteiger partial charge in [-0.2, -0.15) is 13.2 Å². The lowest BCUT2D eigenvalue weighted by molar-refractivity contribution is -0.138. The highest BCUT2D eigenvalue weighted by atomic mass is 35.5. The summed E-state index contributed by atoms with van der Waals surface area (Å²) in [6, 6.07) is 4.81. The Balaban J connectivity index is 0.00000364. The zero-order chi connectivity index (χ0) is 19.5. The summed E-state index contributed by atoms with van der Waals surface area (Å²) < 4.78 is 71.0. The molecule has 0 radical (unpaired) electrons. The Morgan fingerprint density at radius 2 is 1.70 bits per heavy atom. The summed E-state index contributed by atoms with van der Waals surface area (Å²) in [6.07, 6.45) is -4.71. The van der Waals surface area contributed by atoms with Crippen molar-refractivity contribution in [1.82, 2.24) is 5.32 Å². The molecule has 0 aliphatic heterocycles. The van der Waals surface area contributed by atoms with E-state index in [4.69, 9.17) is 10.5 Å². The van der Waals surface area contributed by atoms with Crippen molar-refractivity contribution in [2.24, 2.45) is 5.73 Å². The summed E-state index contributed by atoms with van der Waals surface area (Å²) >= 11 is 0. The Kier molecular flexibility index (Phi) is 7.55. The van der Waals surface area contributed by atoms with E-state index in [2.05, 4.69) is 5.32 Å². The molecule has 148 valence electrons. The predicted octanol–water partition coefficient (Wildman–Crippen LogP) is 4.16. The van der Waals surface area contributed by atoms with E-state index in [0.29, 0.717) is 6.07 Å². The number of ether oxygens (including phenoxy) is 1. The number of rotatable bonds is 5. The van der Waals surface area contributed by atoms with E-state index >= 15 is 0 Å². The second-order valence-electron chi connectivity index (χ2n) is 5.50. The van der Waals surface area contributed by atoms with E-state index in [-0.39, 0.29) is 36.0 Å². The Morgan fingerprint density at radius 3 is 2.26 bits per heavy atom. The Labute approximate surface area is 157 Å². The lowest BCUT2D eigenvalue weighted by Crippen LogP contribution is -2.38. The fourth-order valence-electron chi connectivity index (χ4n) is 2.06. The molecule has 2 rings (SSSR count). The first-order valence-corrected chi connectivity index (χ1v) is 7.44. The number of halogens is 6. The minimum Gasteiger partial charge on any atom is -0.457 e. The van der Waals surface area contributed by atoms with Crippen LogP contribution in [0.5, 0.6) is 11.5 Å². The highest BCUT2D eigenvalue weighted by Gasteiger charge is 2.34. The maximum Gasteiger partial charge on any atom is 0.416 e. The molecule has 10 heteroatoms. The highest BCUT2D eigenvalue weighted by Crippen LogP contribution is 2.35. The first-order valence-electron chi connectivity index (χ1n) is 7.44. The monoisotopic (exact) mass is 410 g/mol. The first-order chi connectivity index (χ1) is 12.1. The first kappa shape index (κ1) is 22.7. The van der Waals surface area contributed by atoms with Gasteiger partial charge in [-0.25, -0.2) is 8.78 Å². The molecule has 2 aromatic rings. The van der Waals surface area contributed by atoms with E-state index < -0.39 is 35.3 Å². The van der Waals surface area contributed by atoms with Crippen molar-refractivity contribution >= 4 is 18.3 Å². The minimum atomic E-state index is -4.71. The van der Waals surface area contributed by atoms with Gasteiger partial charge < -0.3 is 15.8 Å². The van der Waals surface area contributed by atoms with E-state index in [1.54, 1.807) is 0 Å². The number of hydrogen-bond donors (Lipinski definition) is 2. The quantitative estimate of drug-likeness (QED) is 0.727. The summed E-state index contributed by atoms with van der Waals surface area (Å²) in [4.78, 5) is 11.4. The smallest absolute Gasteiger partial charge is 0.416 e. The third kappa shape index (κ3) is 6.07. The fourth-order valence-corrected chi connectivity index (χ4v) is 2.06. The number of nitrogens with two attached hydrogens (primary N) is 1. The van der Waals surface area contributed by atoms with Crippen LogP contribution < -0.4 is 15.8 Å². The van der Waals surface area contributed by atoms with Gasteiger partial charge in [0.05, 0.1) is 11.6 Å². The Bertz CT molecular complexity index is 812. The van der Waals surface area contributed by atoms with Crippen molar-refractivity contribution in [3.8, 4) is 11.5 Å². The molecule has 0 bridgehead atoms. The molecule has 0 heterocycles. The molecular formula is C17H16ClF5N2O2. The number of nitrogens with one attached hydrogen (secondary N) is 1. The Hall–Kier alpha value is -2.39. The van der Waals surface area contributed by atoms with Gasteiger partial charge in [-0.1, -0.05) is 6.07 Å². The molecule has 0 aromatic heterocycles. The van der Waals surface area contributed by atoms with Crippen LogP contribution in [-0.4, -0.2) is 11.9 Å². The lowest BCUT2D eigenvalue weighted by Gasteiger charge is -2.16. The van der Waals surface area contributed by atoms with Crippen molar-refractivity contribution in [3.63, 3.8) is 0 Å². The normalized spacial score (nSPS) is 12.1. The van der Waals surface area contributed by atoms with Gasteiger partial charge in [0.25, 0.3) is 0 Å². The van der Waals surface area contributed by atoms with Crippen molar-refractivity contribution < 1.29 is 31.5 Å². The second kappa shape index (κ2) is 9.01. The molecule has 0 saturated carbocycles. The lowest BCUT2D eigenvalue weighted by atomic mass is 10.1. The number of hydrogen-bond acceptors (Lipinski definition) is 3. The van der Waals surface area contributed by atoms with Crippen LogP contribution in [0.25, 0.3) is 0 Å². The van der Waals surface area contributed by atoms with E-state index in [1.165, 1.54) is 13.0 Å². The topological polar surface area (TPSA) is 64.4 Å². The van der Waals surface area contributed by atoms with Gasteiger partial charge in [0.2, 0.25) is 5.91 Å². The molecule has 4 nitrogen and oxygen atoms in total. The number of amides is 1. The molecule has 0 spiro atoms. The molecular weight excluding hydrogens is 395 g/mol. The number of carbonyl (C=O) groups excluding carboxylic acids is 1. The van der Waals surface area contributed by atoms with Crippen molar-refractivity contribution in [2.45, 2.75) is 25.7 Å². The van der Waals surface area contributed by atoms with Crippen molar-refractivity contribution in [2.75, 3.05) is 0 Å². The van der Waals surface area contributed by atoms with Crippen LogP contribution >= 0.6 is 12.4 Å². The molecule has 2 aromatic carbocycles. The van der Waals surface area contributed by atoms with Gasteiger partial charge in [-0.3, -0.25) is 4.79 Å². The van der Waals surface area contributed by atoms with E-state index in [9.17, 15) is 26.7 Å². The average molecular weight is 411 g/mol. The van der Waals surface area contributed by atoms with Crippen LogP contribution in [0.3, 0.4) is 0 Å². The molecule has 0 fully saturated rings. The predicted molar refractivity (Wildman–Crippen MR) is 90.6 cm³/mol. The van der Waals surface area contributed by atoms with Crippen LogP contribution in [0.1, 0.15) is 18.1 Å². The molecule has 0 aliphatic rings. The van der Waals surface area contributed by atoms with Crippen LogP contribution in [0.2, 0.25) is 0 Å². The summed E-state index contributed by atoms with van der Waals surface area (Å²) in [5, 5.41) is 2.30. The van der Waals surface area contributed by atoms with Gasteiger partial charge in [0.15, 0.2) is 11.6 Å². The summed E-state index contributed by atoms with van der Waals surface area (Å²) in [6.45, 7) is 1.03. The van der Waals surface area contributed by atoms with Crippen LogP contribution in [0.4, 0.5) is 22.0 Å². The SMILES string of the molecule is CC(N)C(=O)NCc1ccc(Oc2ccc(F)c(F)c2)cc1C(F)(F)F.Cl. The zero-order valence-electron chi connectivity index (χ0n) is 13.9. The minimum absolute atomic E-state index is 0. The number of benzene rings is 2. The van der Waals surface area contributed by atoms with Gasteiger partial charge >= 0.3 is 6.18 Å². The standard InChI is InChI=1S/C17H15F5N2O2.ClH/c1-9(23)16(25)24-8-10-2-3-11(6-13(10)17(20,21)22)26-12-4-5-14(18)15(19)7-12;/h2-7,9H,8,23H2,1H3,(H,24,25);1H. The van der Waals surface area contributed by atoms with E-state index in [1.807, 2.05) is 0 Å². The Morgan fingerprint density at radius 1 is 1.11 bits per heavy atom. The average Bonchev–Trinajstić information content (AvgIpc) is 2.55. The largest absolute Gasteiger partial charge is 0.457 e. The van der Waals surface area contributed by atoms with E-state index in [0.717, 1.165) is 24.3 Å². The van der Waals surface area contributed by atoms with Gasteiger partial charge in [-0.15, -0.1) is 12.4 Å². The maximum absolute atomic E-state index is 13.3. The fraction of sp³-hybridized carbons (Fsp3) is 0.235. The molecule has 0 saturated heterocycles. The molecule has 1 unspecified atom stereocenters. The molecule has 27 heavy (non-hydrogen) atoms. The summed E-state index contributed by atoms with van der Waals surface area (Å²) in [7, 11) is 0. The summed E-state index contributed by atoms with van der Waals surface area (Å²) in [5.41, 5.74) is 4.13. The van der Waals surface area contributed by atoms with Gasteiger partial charge in [0.1, 0.15) is 11.5 Å². The second-order valence-corrected chi connectivity index (χ2v) is 5.50. The van der Waals surface area contributed by atoms with Crippen LogP contribution in [0, 0.1) is 11.6 Å². The molecule has 1 atom stereocenters. The third-order valence-corrected chi connectivity index (χ3v) is 3.38. The molecule has 3 N–H and O–H groups in total. The highest BCUT2D eigenvalue weighted by molar-refractivity contribution is 5.85. The molecule has 0 aliphatic carbocycles. The van der Waals surface area contributed by atoms with Crippen molar-refractivity contribution in [3.05, 3.63) is 59.2 Å². The maximum atomic E-state index is 13.3. The van der Waals surface area contributed by atoms with Gasteiger partial charge in [0, 0.05) is 12.6 Å². The molecule has 1 amide bonds. The van der Waals surface area contributed by atoms with Crippen molar-refractivity contribution in [1.29, 1.82) is 0 Å². The van der Waals surface area contributed by atoms with Gasteiger partial charge in [-0.05, 0) is 36.8 Å². The number of carbonyl (C=O) groups is 1. The van der Waals surface area contributed by atoms with Crippen LogP contribution in [0.15, 0.2) is 36.4 Å².